The fourth-order valence-electron chi connectivity index (χ4n) is 2.36. The average molecular weight is 416 g/mol. The summed E-state index contributed by atoms with van der Waals surface area (Å²) in [6.45, 7) is 0.549. The van der Waals surface area contributed by atoms with Gasteiger partial charge < -0.3 is 0 Å². The van der Waals surface area contributed by atoms with E-state index in [0.29, 0.717) is 12.2 Å². The number of hydrogen-bond donors (Lipinski definition) is 1. The quantitative estimate of drug-likeness (QED) is 0.628. The van der Waals surface area contributed by atoms with Gasteiger partial charge in [0.15, 0.2) is 0 Å². The van der Waals surface area contributed by atoms with E-state index >= 15 is 0 Å². The molecule has 1 N–H and O–H groups in total. The summed E-state index contributed by atoms with van der Waals surface area (Å²) in [5.74, 6) is -0.155. The predicted molar refractivity (Wildman–Crippen MR) is 103 cm³/mol. The molecule has 3 aromatic rings. The van der Waals surface area contributed by atoms with E-state index in [2.05, 4.69) is 40.6 Å². The zero-order valence-electron chi connectivity index (χ0n) is 13.5. The van der Waals surface area contributed by atoms with Crippen molar-refractivity contribution < 1.29 is 4.79 Å². The van der Waals surface area contributed by atoms with Gasteiger partial charge in [-0.25, -0.2) is 0 Å². The van der Waals surface area contributed by atoms with Crippen LogP contribution in [0, 0.1) is 0 Å². The van der Waals surface area contributed by atoms with Gasteiger partial charge in [0.05, 0.1) is 0 Å². The molecule has 0 aliphatic heterocycles. The number of nitrogens with one attached hydrogen (secondary N) is 1. The molecule has 25 heavy (non-hydrogen) atoms. The molecule has 0 unspecified atom stereocenters. The zero-order valence-corrected chi connectivity index (χ0v) is 16.0. The molecule has 0 saturated heterocycles. The first-order chi connectivity index (χ1) is 12.2. The number of halogens is 1. The SMILES string of the molecule is O=C(NCCc1cc(Cl)ccc1[Se]c1ccccc1)c1ccccn1. The van der Waals surface area contributed by atoms with Gasteiger partial charge in [-0.3, -0.25) is 0 Å². The first kappa shape index (κ1) is 17.7. The molecule has 0 spiro atoms. The topological polar surface area (TPSA) is 42.0 Å². The number of amides is 1. The van der Waals surface area contributed by atoms with Crippen molar-refractivity contribution in [1.29, 1.82) is 0 Å². The van der Waals surface area contributed by atoms with E-state index in [9.17, 15) is 4.79 Å². The van der Waals surface area contributed by atoms with E-state index in [1.807, 2.05) is 18.2 Å². The molecular formula is C20H17ClN2OSe. The van der Waals surface area contributed by atoms with Crippen LogP contribution in [0.5, 0.6) is 0 Å². The number of benzene rings is 2. The Hall–Kier alpha value is -2.13. The molecule has 1 amide bonds. The standard InChI is InChI=1S/C20H17ClN2OSe/c21-16-9-10-19(25-17-6-2-1-3-7-17)15(14-16)11-13-23-20(24)18-8-4-5-12-22-18/h1-10,12,14H,11,13H2,(H,23,24). The second-order valence-corrected chi connectivity index (χ2v) is 8.16. The summed E-state index contributed by atoms with van der Waals surface area (Å²) < 4.78 is 2.60. The molecule has 0 aliphatic carbocycles. The van der Waals surface area contributed by atoms with Gasteiger partial charge in [-0.2, -0.15) is 0 Å². The summed E-state index contributed by atoms with van der Waals surface area (Å²) in [5.41, 5.74) is 1.61. The van der Waals surface area contributed by atoms with Gasteiger partial charge in [0.1, 0.15) is 0 Å². The van der Waals surface area contributed by atoms with Gasteiger partial charge in [0.2, 0.25) is 0 Å². The van der Waals surface area contributed by atoms with Crippen LogP contribution in [-0.4, -0.2) is 32.4 Å². The third-order valence-corrected chi connectivity index (χ3v) is 6.17. The second-order valence-electron chi connectivity index (χ2n) is 5.39. The van der Waals surface area contributed by atoms with Crippen LogP contribution in [-0.2, 0) is 6.42 Å². The van der Waals surface area contributed by atoms with E-state index in [1.54, 1.807) is 24.4 Å². The summed E-state index contributed by atoms with van der Waals surface area (Å²) in [6.07, 6.45) is 2.36. The number of pyridine rings is 1. The average Bonchev–Trinajstić information content (AvgIpc) is 2.65. The van der Waals surface area contributed by atoms with Crippen molar-refractivity contribution in [3.05, 3.63) is 89.2 Å². The summed E-state index contributed by atoms with van der Waals surface area (Å²) in [7, 11) is 0. The van der Waals surface area contributed by atoms with E-state index in [4.69, 9.17) is 11.6 Å². The van der Waals surface area contributed by atoms with Gasteiger partial charge in [-0.05, 0) is 0 Å². The van der Waals surface area contributed by atoms with E-state index in [-0.39, 0.29) is 20.9 Å². The van der Waals surface area contributed by atoms with Gasteiger partial charge in [-0.1, -0.05) is 0 Å². The first-order valence-corrected chi connectivity index (χ1v) is 10.0. The van der Waals surface area contributed by atoms with Crippen LogP contribution in [0.2, 0.25) is 5.02 Å². The van der Waals surface area contributed by atoms with Crippen molar-refractivity contribution in [3.8, 4) is 0 Å². The summed E-state index contributed by atoms with van der Waals surface area (Å²) in [6, 6.07) is 21.7. The Balaban J connectivity index is 1.65. The van der Waals surface area contributed by atoms with Crippen LogP contribution in [0.15, 0.2) is 72.9 Å². The third-order valence-electron chi connectivity index (χ3n) is 3.57. The molecule has 1 heterocycles. The fourth-order valence-corrected chi connectivity index (χ4v) is 4.60. The van der Waals surface area contributed by atoms with Crippen molar-refractivity contribution in [2.24, 2.45) is 0 Å². The van der Waals surface area contributed by atoms with Crippen LogP contribution in [0.3, 0.4) is 0 Å². The molecule has 0 radical (unpaired) electrons. The van der Waals surface area contributed by atoms with Crippen LogP contribution in [0.1, 0.15) is 16.1 Å². The summed E-state index contributed by atoms with van der Waals surface area (Å²) >= 11 is 6.38. The summed E-state index contributed by atoms with van der Waals surface area (Å²) in [4.78, 5) is 16.1. The fraction of sp³-hybridized carbons (Fsp3) is 0.100. The summed E-state index contributed by atoms with van der Waals surface area (Å²) in [5, 5.41) is 3.64. The van der Waals surface area contributed by atoms with Crippen molar-refractivity contribution in [2.45, 2.75) is 6.42 Å². The molecule has 0 atom stereocenters. The number of carbonyl (C=O) groups excluding carboxylic acids is 1. The van der Waals surface area contributed by atoms with Crippen molar-refractivity contribution >= 4 is 41.4 Å². The van der Waals surface area contributed by atoms with Crippen molar-refractivity contribution in [3.63, 3.8) is 0 Å². The van der Waals surface area contributed by atoms with Crippen LogP contribution >= 0.6 is 11.6 Å². The molecule has 0 fully saturated rings. The molecule has 3 nitrogen and oxygen atoms in total. The number of hydrogen-bond acceptors (Lipinski definition) is 2. The van der Waals surface area contributed by atoms with Gasteiger partial charge >= 0.3 is 159 Å². The molecule has 0 bridgehead atoms. The Morgan fingerprint density at radius 3 is 2.60 bits per heavy atom. The molecule has 1 aromatic heterocycles. The Bertz CT molecular complexity index is 841. The molecule has 5 heteroatoms. The van der Waals surface area contributed by atoms with E-state index < -0.39 is 0 Å². The number of rotatable bonds is 6. The van der Waals surface area contributed by atoms with Gasteiger partial charge in [0.25, 0.3) is 0 Å². The molecule has 0 saturated carbocycles. The Labute approximate surface area is 158 Å². The minimum atomic E-state index is -0.155. The maximum absolute atomic E-state index is 12.1. The normalized spacial score (nSPS) is 10.4. The maximum atomic E-state index is 12.1. The molecule has 3 rings (SSSR count). The van der Waals surface area contributed by atoms with Crippen LogP contribution in [0.4, 0.5) is 0 Å². The van der Waals surface area contributed by atoms with Crippen molar-refractivity contribution in [2.75, 3.05) is 6.54 Å². The van der Waals surface area contributed by atoms with Crippen molar-refractivity contribution in [1.82, 2.24) is 10.3 Å². The van der Waals surface area contributed by atoms with E-state index in [1.165, 1.54) is 14.5 Å². The monoisotopic (exact) mass is 416 g/mol. The van der Waals surface area contributed by atoms with Crippen LogP contribution in [0.25, 0.3) is 0 Å². The van der Waals surface area contributed by atoms with Crippen LogP contribution < -0.4 is 14.2 Å². The Morgan fingerprint density at radius 2 is 1.84 bits per heavy atom. The van der Waals surface area contributed by atoms with Gasteiger partial charge in [0, 0.05) is 0 Å². The first-order valence-electron chi connectivity index (χ1n) is 7.93. The molecule has 2 aromatic carbocycles. The molecule has 0 aliphatic rings. The zero-order chi connectivity index (χ0) is 17.5. The second kappa shape index (κ2) is 8.82. The number of carbonyl (C=O) groups is 1. The molecule has 126 valence electrons. The minimum absolute atomic E-state index is 0.155. The van der Waals surface area contributed by atoms with Gasteiger partial charge in [-0.15, -0.1) is 0 Å². The molecular weight excluding hydrogens is 399 g/mol. The number of aromatic nitrogens is 1. The van der Waals surface area contributed by atoms with E-state index in [0.717, 1.165) is 11.4 Å². The Morgan fingerprint density at radius 1 is 1.04 bits per heavy atom. The third kappa shape index (κ3) is 5.17. The predicted octanol–water partition coefficient (Wildman–Crippen LogP) is 2.36. The Kier molecular flexibility index (Phi) is 6.24. The number of nitrogens with zero attached hydrogens (tertiary/aromatic N) is 1.